The van der Waals surface area contributed by atoms with Crippen LogP contribution in [0.2, 0.25) is 0 Å². The van der Waals surface area contributed by atoms with Crippen LogP contribution in [0.4, 0.5) is 8.78 Å². The molecule has 0 unspecified atom stereocenters. The van der Waals surface area contributed by atoms with E-state index in [1.165, 1.54) is 11.2 Å². The van der Waals surface area contributed by atoms with Crippen molar-refractivity contribution in [1.29, 1.82) is 0 Å². The van der Waals surface area contributed by atoms with Crippen molar-refractivity contribution in [3.63, 3.8) is 0 Å². The van der Waals surface area contributed by atoms with E-state index in [0.717, 1.165) is 19.1 Å². The molecule has 6 rings (SSSR count). The molecular weight excluding hydrogens is 586 g/mol. The third-order valence-electron chi connectivity index (χ3n) is 8.14. The lowest BCUT2D eigenvalue weighted by atomic mass is 9.86. The second kappa shape index (κ2) is 12.7. The Hall–Kier alpha value is -3.77. The highest BCUT2D eigenvalue weighted by molar-refractivity contribution is 7.91. The van der Waals surface area contributed by atoms with Gasteiger partial charge < -0.3 is 20.0 Å². The number of ether oxygens (including phenoxy) is 1. The van der Waals surface area contributed by atoms with E-state index in [4.69, 9.17) is 21.3 Å². The molecule has 236 valence electrons. The van der Waals surface area contributed by atoms with Crippen LogP contribution in [-0.4, -0.2) is 53.8 Å². The van der Waals surface area contributed by atoms with Gasteiger partial charge in [0.05, 0.1) is 34.9 Å². The first-order chi connectivity index (χ1) is 20.9. The maximum atomic E-state index is 13.9. The van der Waals surface area contributed by atoms with E-state index in [9.17, 15) is 17.2 Å². The summed E-state index contributed by atoms with van der Waals surface area (Å²) in [6.45, 7) is 2.57. The molecule has 4 aromatic rings. The first-order valence-electron chi connectivity index (χ1n) is 14.8. The second-order valence-electron chi connectivity index (χ2n) is 12.0. The number of fused-ring (bicyclic) bond motifs is 3. The maximum absolute atomic E-state index is 13.9. The topological polar surface area (TPSA) is 129 Å². The Morgan fingerprint density at radius 1 is 1.05 bits per heavy atom. The predicted octanol–water partition coefficient (Wildman–Crippen LogP) is 5.74. The monoisotopic (exact) mass is 626 g/mol. The molecule has 0 amide bonds. The third kappa shape index (κ3) is 7.13. The number of halogens is 2. The number of hydrogen-bond donors (Lipinski definition) is 2. The smallest absolute Gasteiger partial charge is 0.248 e. The summed E-state index contributed by atoms with van der Waals surface area (Å²) in [5.74, 6) is 4.11. The molecule has 0 aliphatic heterocycles. The number of rotatable bonds is 8. The van der Waals surface area contributed by atoms with Gasteiger partial charge in [0.2, 0.25) is 11.8 Å². The standard InChI is InChI=1S/C26H34F2N6O3S.C6H6/c1-15(29)23(33(2)30)18-10-19-22(31-11-18)21-24(34(19)13-16-6-8-26(27,28)9-7-16)20(38(3,35)36)12-32-25(21)37-14-17-4-5-17;1-2-4-6-5-3-1/h10-12,16-17H,4-9,13-14,29-30H2,1-3H3;1-6H/b23-15-;. The highest BCUT2D eigenvalue weighted by atomic mass is 32.2. The van der Waals surface area contributed by atoms with Crippen LogP contribution in [0.25, 0.3) is 27.6 Å². The molecule has 44 heavy (non-hydrogen) atoms. The van der Waals surface area contributed by atoms with Crippen LogP contribution in [0, 0.1) is 11.8 Å². The van der Waals surface area contributed by atoms with Gasteiger partial charge in [-0.1, -0.05) is 36.4 Å². The highest BCUT2D eigenvalue weighted by Crippen LogP contribution is 2.42. The molecule has 1 aromatic carbocycles. The van der Waals surface area contributed by atoms with Crippen molar-refractivity contribution in [2.24, 2.45) is 23.4 Å². The number of hydrazine groups is 1. The second-order valence-corrected chi connectivity index (χ2v) is 14.0. The number of allylic oxidation sites excluding steroid dienone is 1. The molecule has 0 spiro atoms. The van der Waals surface area contributed by atoms with E-state index in [2.05, 4.69) is 4.98 Å². The van der Waals surface area contributed by atoms with Crippen molar-refractivity contribution in [3.05, 3.63) is 66.1 Å². The molecule has 0 radical (unpaired) electrons. The molecule has 0 saturated heterocycles. The van der Waals surface area contributed by atoms with Gasteiger partial charge in [-0.25, -0.2) is 28.0 Å². The van der Waals surface area contributed by atoms with E-state index in [-0.39, 0.29) is 23.7 Å². The Bertz CT molecular complexity index is 1730. The molecule has 2 saturated carbocycles. The fourth-order valence-corrected chi connectivity index (χ4v) is 6.54. The molecule has 9 nitrogen and oxygen atoms in total. The van der Waals surface area contributed by atoms with Crippen molar-refractivity contribution in [3.8, 4) is 5.88 Å². The van der Waals surface area contributed by atoms with Crippen molar-refractivity contribution < 1.29 is 21.9 Å². The Morgan fingerprint density at radius 2 is 1.66 bits per heavy atom. The van der Waals surface area contributed by atoms with Gasteiger partial charge in [0.15, 0.2) is 9.84 Å². The molecule has 2 fully saturated rings. The fourth-order valence-electron chi connectivity index (χ4n) is 5.74. The van der Waals surface area contributed by atoms with E-state index >= 15 is 0 Å². The Morgan fingerprint density at radius 3 is 2.18 bits per heavy atom. The Balaban J connectivity index is 0.000000573. The van der Waals surface area contributed by atoms with Gasteiger partial charge in [-0.15, -0.1) is 0 Å². The molecule has 4 N–H and O–H groups in total. The number of nitrogens with zero attached hydrogens (tertiary/aromatic N) is 4. The number of aromatic nitrogens is 3. The summed E-state index contributed by atoms with van der Waals surface area (Å²) in [5, 5.41) is 1.91. The number of benzene rings is 1. The number of sulfone groups is 1. The summed E-state index contributed by atoms with van der Waals surface area (Å²) in [5.41, 5.74) is 9.43. The first kappa shape index (κ1) is 31.6. The van der Waals surface area contributed by atoms with E-state index in [1.807, 2.05) is 47.0 Å². The minimum atomic E-state index is -3.69. The minimum Gasteiger partial charge on any atom is -0.477 e. The maximum Gasteiger partial charge on any atom is 0.248 e. The number of nitrogens with two attached hydrogens (primary N) is 2. The Kier molecular flexibility index (Phi) is 9.12. The van der Waals surface area contributed by atoms with E-state index < -0.39 is 15.8 Å². The molecule has 2 aliphatic rings. The molecule has 3 heterocycles. The lowest BCUT2D eigenvalue weighted by molar-refractivity contribution is -0.0471. The molecule has 3 aromatic heterocycles. The summed E-state index contributed by atoms with van der Waals surface area (Å²) in [4.78, 5) is 9.19. The number of hydrogen-bond acceptors (Lipinski definition) is 8. The summed E-state index contributed by atoms with van der Waals surface area (Å²) in [6.07, 6.45) is 6.57. The summed E-state index contributed by atoms with van der Waals surface area (Å²) in [7, 11) is -2.02. The van der Waals surface area contributed by atoms with Crippen LogP contribution in [0.5, 0.6) is 5.88 Å². The van der Waals surface area contributed by atoms with E-state index in [0.29, 0.717) is 76.7 Å². The van der Waals surface area contributed by atoms with E-state index in [1.54, 1.807) is 20.2 Å². The van der Waals surface area contributed by atoms with Gasteiger partial charge >= 0.3 is 0 Å². The van der Waals surface area contributed by atoms with Crippen LogP contribution < -0.4 is 16.3 Å². The number of alkyl halides is 2. The quantitative estimate of drug-likeness (QED) is 0.187. The summed E-state index contributed by atoms with van der Waals surface area (Å²) >= 11 is 0. The van der Waals surface area contributed by atoms with Crippen molar-refractivity contribution in [2.75, 3.05) is 19.9 Å². The van der Waals surface area contributed by atoms with Crippen molar-refractivity contribution >= 4 is 37.5 Å². The fraction of sp³-hybridized carbons (Fsp3) is 0.438. The molecule has 0 atom stereocenters. The summed E-state index contributed by atoms with van der Waals surface area (Å²) < 4.78 is 61.7. The number of pyridine rings is 2. The van der Waals surface area contributed by atoms with Crippen molar-refractivity contribution in [2.45, 2.75) is 62.8 Å². The zero-order valence-corrected chi connectivity index (χ0v) is 26.2. The third-order valence-corrected chi connectivity index (χ3v) is 9.24. The average Bonchev–Trinajstić information content (AvgIpc) is 3.75. The first-order valence-corrected chi connectivity index (χ1v) is 16.7. The van der Waals surface area contributed by atoms with Gasteiger partial charge in [0.1, 0.15) is 10.4 Å². The lowest BCUT2D eigenvalue weighted by Crippen LogP contribution is -2.27. The minimum absolute atomic E-state index is 0.0497. The molecular formula is C32H40F2N6O3S. The van der Waals surface area contributed by atoms with Crippen LogP contribution in [0.1, 0.15) is 51.0 Å². The normalized spacial score (nSPS) is 17.6. The molecule has 12 heteroatoms. The zero-order valence-electron chi connectivity index (χ0n) is 25.3. The van der Waals surface area contributed by atoms with Gasteiger partial charge in [-0.2, -0.15) is 0 Å². The van der Waals surface area contributed by atoms with Crippen LogP contribution in [0.3, 0.4) is 0 Å². The zero-order chi connectivity index (χ0) is 31.6. The summed E-state index contributed by atoms with van der Waals surface area (Å²) in [6, 6.07) is 13.9. The highest BCUT2D eigenvalue weighted by Gasteiger charge is 2.36. The van der Waals surface area contributed by atoms with Crippen LogP contribution in [-0.2, 0) is 16.4 Å². The molecule has 0 bridgehead atoms. The van der Waals surface area contributed by atoms with Crippen molar-refractivity contribution in [1.82, 2.24) is 19.5 Å². The van der Waals surface area contributed by atoms with Gasteiger partial charge in [-0.05, 0) is 50.5 Å². The predicted molar refractivity (Wildman–Crippen MR) is 168 cm³/mol. The van der Waals surface area contributed by atoms with Crippen LogP contribution >= 0.6 is 0 Å². The SMILES string of the molecule is C/C(N)=C(\c1cnc2c3c(OCC4CC4)ncc(S(C)(=O)=O)c3n(CC3CCC(F)(F)CC3)c2c1)N(C)N.c1ccccc1. The van der Waals surface area contributed by atoms with Gasteiger partial charge in [0.25, 0.3) is 0 Å². The molecule has 2 aliphatic carbocycles. The largest absolute Gasteiger partial charge is 0.477 e. The average molecular weight is 627 g/mol. The van der Waals surface area contributed by atoms with Gasteiger partial charge in [0, 0.05) is 50.1 Å². The lowest BCUT2D eigenvalue weighted by Gasteiger charge is -2.29. The van der Waals surface area contributed by atoms with Gasteiger partial charge in [-0.3, -0.25) is 4.98 Å². The Labute approximate surface area is 256 Å². The van der Waals surface area contributed by atoms with Crippen LogP contribution in [0.15, 0.2) is 65.5 Å².